The van der Waals surface area contributed by atoms with Crippen molar-refractivity contribution in [3.8, 4) is 11.5 Å². The summed E-state index contributed by atoms with van der Waals surface area (Å²) in [5.74, 6) is -1.25. The van der Waals surface area contributed by atoms with Crippen LogP contribution < -0.4 is 9.47 Å². The minimum atomic E-state index is -0.789. The molecule has 0 saturated carbocycles. The van der Waals surface area contributed by atoms with Crippen LogP contribution in [0, 0.1) is 11.6 Å². The van der Waals surface area contributed by atoms with Crippen molar-refractivity contribution in [2.24, 2.45) is 10.2 Å². The third-order valence-electron chi connectivity index (χ3n) is 2.82. The van der Waals surface area contributed by atoms with Gasteiger partial charge in [0.2, 0.25) is 0 Å². The molecule has 114 valence electrons. The van der Waals surface area contributed by atoms with Gasteiger partial charge >= 0.3 is 0 Å². The summed E-state index contributed by atoms with van der Waals surface area (Å²) in [6, 6.07) is 9.44. The number of benzene rings is 2. The lowest BCUT2D eigenvalue weighted by Gasteiger charge is -2.03. The molecule has 0 bridgehead atoms. The highest BCUT2D eigenvalue weighted by molar-refractivity contribution is 5.83. The lowest BCUT2D eigenvalue weighted by Crippen LogP contribution is -1.95. The zero-order valence-electron chi connectivity index (χ0n) is 12.1. The molecular formula is C16H14F2N2O2. The first kappa shape index (κ1) is 15.6. The molecule has 0 saturated heterocycles. The first-order chi connectivity index (χ1) is 10.6. The fraction of sp³-hybridized carbons (Fsp3) is 0.125. The van der Waals surface area contributed by atoms with Crippen LogP contribution in [0.1, 0.15) is 11.1 Å². The zero-order valence-corrected chi connectivity index (χ0v) is 12.1. The highest BCUT2D eigenvalue weighted by atomic mass is 19.1. The minimum absolute atomic E-state index is 0.252. The SMILES string of the molecule is COc1ccc(C=NN=Cc2cc(F)c(OC)c(F)c2)cc1. The van der Waals surface area contributed by atoms with E-state index in [1.54, 1.807) is 19.2 Å². The molecule has 2 aromatic carbocycles. The van der Waals surface area contributed by atoms with Crippen molar-refractivity contribution in [1.29, 1.82) is 0 Å². The quantitative estimate of drug-likeness (QED) is 0.627. The second-order valence-corrected chi connectivity index (χ2v) is 4.28. The van der Waals surface area contributed by atoms with Gasteiger partial charge in [-0.25, -0.2) is 8.78 Å². The Morgan fingerprint density at radius 2 is 1.36 bits per heavy atom. The fourth-order valence-corrected chi connectivity index (χ4v) is 1.74. The van der Waals surface area contributed by atoms with E-state index in [9.17, 15) is 8.78 Å². The van der Waals surface area contributed by atoms with Gasteiger partial charge in [0.25, 0.3) is 0 Å². The van der Waals surface area contributed by atoms with Crippen LogP contribution >= 0.6 is 0 Å². The fourth-order valence-electron chi connectivity index (χ4n) is 1.74. The van der Waals surface area contributed by atoms with Crippen LogP contribution in [-0.4, -0.2) is 26.6 Å². The molecule has 2 rings (SSSR count). The number of hydrogen-bond donors (Lipinski definition) is 0. The number of rotatable bonds is 5. The van der Waals surface area contributed by atoms with Crippen molar-refractivity contribution in [3.63, 3.8) is 0 Å². The van der Waals surface area contributed by atoms with Crippen molar-refractivity contribution in [2.75, 3.05) is 14.2 Å². The third kappa shape index (κ3) is 3.88. The maximum atomic E-state index is 13.5. The number of methoxy groups -OCH3 is 2. The molecule has 6 heteroatoms. The Kier molecular flexibility index (Phi) is 5.19. The normalized spacial score (nSPS) is 11.3. The molecule has 0 aliphatic heterocycles. The first-order valence-electron chi connectivity index (χ1n) is 6.37. The average molecular weight is 304 g/mol. The van der Waals surface area contributed by atoms with Gasteiger partial charge in [-0.3, -0.25) is 0 Å². The monoisotopic (exact) mass is 304 g/mol. The van der Waals surface area contributed by atoms with E-state index in [2.05, 4.69) is 14.9 Å². The van der Waals surface area contributed by atoms with Crippen LogP contribution in [0.3, 0.4) is 0 Å². The second-order valence-electron chi connectivity index (χ2n) is 4.28. The van der Waals surface area contributed by atoms with E-state index in [-0.39, 0.29) is 5.56 Å². The first-order valence-corrected chi connectivity index (χ1v) is 6.37. The molecule has 0 fully saturated rings. The van der Waals surface area contributed by atoms with Crippen LogP contribution in [0.25, 0.3) is 0 Å². The molecular weight excluding hydrogens is 290 g/mol. The maximum absolute atomic E-state index is 13.5. The van der Waals surface area contributed by atoms with E-state index in [1.165, 1.54) is 19.5 Å². The Morgan fingerprint density at radius 3 is 1.86 bits per heavy atom. The Morgan fingerprint density at radius 1 is 0.818 bits per heavy atom. The summed E-state index contributed by atoms with van der Waals surface area (Å²) in [6.07, 6.45) is 2.78. The van der Waals surface area contributed by atoms with E-state index >= 15 is 0 Å². The van der Waals surface area contributed by atoms with Crippen LogP contribution in [0.4, 0.5) is 8.78 Å². The molecule has 0 aliphatic carbocycles. The summed E-state index contributed by atoms with van der Waals surface area (Å²) in [4.78, 5) is 0. The minimum Gasteiger partial charge on any atom is -0.497 e. The molecule has 0 aliphatic rings. The topological polar surface area (TPSA) is 43.2 Å². The second kappa shape index (κ2) is 7.31. The highest BCUT2D eigenvalue weighted by Crippen LogP contribution is 2.22. The maximum Gasteiger partial charge on any atom is 0.190 e. The average Bonchev–Trinajstić information content (AvgIpc) is 2.52. The molecule has 0 heterocycles. The molecule has 4 nitrogen and oxygen atoms in total. The molecule has 0 spiro atoms. The molecule has 0 atom stereocenters. The Labute approximate surface area is 126 Å². The summed E-state index contributed by atoms with van der Waals surface area (Å²) in [6.45, 7) is 0. The van der Waals surface area contributed by atoms with E-state index in [1.807, 2.05) is 12.1 Å². The molecule has 22 heavy (non-hydrogen) atoms. The smallest absolute Gasteiger partial charge is 0.190 e. The molecule has 0 N–H and O–H groups in total. The van der Waals surface area contributed by atoms with Gasteiger partial charge in [0.05, 0.1) is 26.6 Å². The summed E-state index contributed by atoms with van der Waals surface area (Å²) < 4.78 is 36.6. The van der Waals surface area contributed by atoms with Gasteiger partial charge in [0.15, 0.2) is 17.4 Å². The van der Waals surface area contributed by atoms with Crippen LogP contribution in [0.15, 0.2) is 46.6 Å². The van der Waals surface area contributed by atoms with Gasteiger partial charge in [-0.1, -0.05) is 0 Å². The highest BCUT2D eigenvalue weighted by Gasteiger charge is 2.10. The lowest BCUT2D eigenvalue weighted by atomic mass is 10.2. The number of halogens is 2. The van der Waals surface area contributed by atoms with Crippen LogP contribution in [-0.2, 0) is 0 Å². The number of ether oxygens (including phenoxy) is 2. The standard InChI is InChI=1S/C16H14F2N2O2/c1-21-13-5-3-11(4-6-13)9-19-20-10-12-7-14(17)16(22-2)15(18)8-12/h3-10H,1-2H3. The predicted molar refractivity (Wildman–Crippen MR) is 81.1 cm³/mol. The van der Waals surface area contributed by atoms with Gasteiger partial charge in [0.1, 0.15) is 5.75 Å². The largest absolute Gasteiger partial charge is 0.497 e. The summed E-state index contributed by atoms with van der Waals surface area (Å²) in [5.41, 5.74) is 1.08. The Balaban J connectivity index is 2.07. The number of hydrogen-bond acceptors (Lipinski definition) is 4. The van der Waals surface area contributed by atoms with Crippen molar-refractivity contribution in [2.45, 2.75) is 0 Å². The van der Waals surface area contributed by atoms with Crippen molar-refractivity contribution in [3.05, 3.63) is 59.2 Å². The van der Waals surface area contributed by atoms with Crippen molar-refractivity contribution >= 4 is 12.4 Å². The van der Waals surface area contributed by atoms with Crippen LogP contribution in [0.2, 0.25) is 0 Å². The molecule has 0 radical (unpaired) electrons. The van der Waals surface area contributed by atoms with Gasteiger partial charge in [0, 0.05) is 5.56 Å². The number of nitrogens with zero attached hydrogens (tertiary/aromatic N) is 2. The van der Waals surface area contributed by atoms with Gasteiger partial charge in [-0.05, 0) is 42.0 Å². The molecule has 0 aromatic heterocycles. The van der Waals surface area contributed by atoms with E-state index in [0.717, 1.165) is 23.4 Å². The van der Waals surface area contributed by atoms with Crippen molar-refractivity contribution < 1.29 is 18.3 Å². The van der Waals surface area contributed by atoms with E-state index in [0.29, 0.717) is 0 Å². The Hall–Kier alpha value is -2.76. The zero-order chi connectivity index (χ0) is 15.9. The summed E-state index contributed by atoms with van der Waals surface area (Å²) in [5, 5.41) is 7.58. The van der Waals surface area contributed by atoms with Crippen molar-refractivity contribution in [1.82, 2.24) is 0 Å². The van der Waals surface area contributed by atoms with E-state index in [4.69, 9.17) is 4.74 Å². The third-order valence-corrected chi connectivity index (χ3v) is 2.82. The summed E-state index contributed by atoms with van der Waals surface area (Å²) in [7, 11) is 2.79. The van der Waals surface area contributed by atoms with E-state index < -0.39 is 17.4 Å². The molecule has 2 aromatic rings. The molecule has 0 unspecified atom stereocenters. The van der Waals surface area contributed by atoms with Gasteiger partial charge in [-0.15, -0.1) is 0 Å². The lowest BCUT2D eigenvalue weighted by molar-refractivity contribution is 0.360. The molecule has 0 amide bonds. The van der Waals surface area contributed by atoms with Gasteiger partial charge < -0.3 is 9.47 Å². The Bertz CT molecular complexity index is 675. The predicted octanol–water partition coefficient (Wildman–Crippen LogP) is 3.44. The van der Waals surface area contributed by atoms with Gasteiger partial charge in [-0.2, -0.15) is 10.2 Å². The summed E-state index contributed by atoms with van der Waals surface area (Å²) >= 11 is 0. The van der Waals surface area contributed by atoms with Crippen LogP contribution in [0.5, 0.6) is 11.5 Å².